The highest BCUT2D eigenvalue weighted by molar-refractivity contribution is 6.12. The quantitative estimate of drug-likeness (QED) is 0.202. The number of hydrogen-bond donors (Lipinski definition) is 0. The Morgan fingerprint density at radius 1 is 0.348 bits per heavy atom. The molecule has 0 aliphatic rings. The molecule has 0 spiro atoms. The average molecular weight is 586 g/mol. The molecule has 2 aromatic heterocycles. The van der Waals surface area contributed by atoms with Gasteiger partial charge < -0.3 is 9.13 Å². The molecule has 7 aromatic carbocycles. The van der Waals surface area contributed by atoms with Crippen molar-refractivity contribution in [2.45, 2.75) is 0 Å². The fourth-order valence-corrected chi connectivity index (χ4v) is 7.10. The first-order valence-corrected chi connectivity index (χ1v) is 15.5. The van der Waals surface area contributed by atoms with E-state index in [2.05, 4.69) is 167 Å². The number of hydrogen-bond acceptors (Lipinski definition) is 1. The number of nitrogens with zero attached hydrogens (tertiary/aromatic N) is 3. The van der Waals surface area contributed by atoms with Gasteiger partial charge >= 0.3 is 0 Å². The van der Waals surface area contributed by atoms with Gasteiger partial charge in [-0.15, -0.1) is 0 Å². The Morgan fingerprint density at radius 3 is 1.22 bits per heavy atom. The largest absolute Gasteiger partial charge is 0.308 e. The minimum absolute atomic E-state index is 0.632. The van der Waals surface area contributed by atoms with Crippen molar-refractivity contribution >= 4 is 43.6 Å². The van der Waals surface area contributed by atoms with Gasteiger partial charge in [-0.2, -0.15) is 5.26 Å². The maximum atomic E-state index is 10.9. The van der Waals surface area contributed by atoms with Crippen molar-refractivity contribution < 1.29 is 0 Å². The van der Waals surface area contributed by atoms with Crippen LogP contribution in [-0.2, 0) is 0 Å². The van der Waals surface area contributed by atoms with Gasteiger partial charge in [0.05, 0.1) is 33.4 Å². The van der Waals surface area contributed by atoms with Crippen molar-refractivity contribution in [1.29, 1.82) is 5.26 Å². The molecule has 2 heterocycles. The molecule has 3 nitrogen and oxygen atoms in total. The summed E-state index contributed by atoms with van der Waals surface area (Å²) in [7, 11) is 0. The lowest BCUT2D eigenvalue weighted by Gasteiger charge is -2.16. The average Bonchev–Trinajstić information content (AvgIpc) is 3.64. The van der Waals surface area contributed by atoms with Crippen LogP contribution in [0, 0.1) is 11.3 Å². The van der Waals surface area contributed by atoms with Crippen molar-refractivity contribution in [1.82, 2.24) is 9.13 Å². The maximum absolute atomic E-state index is 10.9. The van der Waals surface area contributed by atoms with Crippen molar-refractivity contribution in [2.24, 2.45) is 0 Å². The van der Waals surface area contributed by atoms with E-state index in [9.17, 15) is 5.26 Å². The summed E-state index contributed by atoms with van der Waals surface area (Å²) in [5, 5.41) is 15.5. The van der Waals surface area contributed by atoms with E-state index in [1.165, 1.54) is 22.3 Å². The number of aromatic nitrogens is 2. The first-order chi connectivity index (χ1) is 22.8. The van der Waals surface area contributed by atoms with Crippen LogP contribution in [0.4, 0.5) is 0 Å². The fourth-order valence-electron chi connectivity index (χ4n) is 7.10. The van der Waals surface area contributed by atoms with Gasteiger partial charge in [-0.1, -0.05) is 115 Å². The van der Waals surface area contributed by atoms with E-state index in [0.29, 0.717) is 5.56 Å². The molecule has 0 bridgehead atoms. The van der Waals surface area contributed by atoms with Gasteiger partial charge in [0.25, 0.3) is 0 Å². The van der Waals surface area contributed by atoms with E-state index in [1.807, 2.05) is 12.1 Å². The van der Waals surface area contributed by atoms with E-state index in [0.717, 1.165) is 55.0 Å². The Kier molecular flexibility index (Phi) is 5.88. The standard InChI is InChI=1S/C43H27N3/c44-28-37-40(45-38-18-9-7-16-33(38)35-26-31(22-24-42(35)45)29-12-3-1-4-13-29)20-11-21-41(37)46-39-19-10-8-17-34(39)36-27-32(23-25-43(36)46)30-14-5-2-6-15-30/h1-27H. The number of rotatable bonds is 4. The molecule has 0 atom stereocenters. The molecule has 0 saturated carbocycles. The van der Waals surface area contributed by atoms with Crippen LogP contribution in [0.15, 0.2) is 164 Å². The lowest BCUT2D eigenvalue weighted by atomic mass is 10.0. The number of nitriles is 1. The third kappa shape index (κ3) is 3.91. The maximum Gasteiger partial charge on any atom is 0.104 e. The first-order valence-electron chi connectivity index (χ1n) is 15.5. The molecule has 9 aromatic rings. The van der Waals surface area contributed by atoms with Gasteiger partial charge in [-0.25, -0.2) is 0 Å². The molecule has 0 unspecified atom stereocenters. The zero-order valence-corrected chi connectivity index (χ0v) is 24.9. The van der Waals surface area contributed by atoms with Gasteiger partial charge in [0.1, 0.15) is 11.6 Å². The van der Waals surface area contributed by atoms with E-state index in [4.69, 9.17) is 0 Å². The zero-order valence-electron chi connectivity index (χ0n) is 24.9. The van der Waals surface area contributed by atoms with Crippen molar-refractivity contribution in [3.63, 3.8) is 0 Å². The normalized spacial score (nSPS) is 11.5. The summed E-state index contributed by atoms with van der Waals surface area (Å²) in [6.45, 7) is 0. The summed E-state index contributed by atoms with van der Waals surface area (Å²) < 4.78 is 4.51. The van der Waals surface area contributed by atoms with Gasteiger partial charge in [0, 0.05) is 21.5 Å². The SMILES string of the molecule is N#Cc1c(-n2c3ccccc3c3cc(-c4ccccc4)ccc32)cccc1-n1c2ccccc2c2cc(-c3ccccc3)ccc21. The highest BCUT2D eigenvalue weighted by Gasteiger charge is 2.21. The summed E-state index contributed by atoms with van der Waals surface area (Å²) in [6, 6.07) is 60.1. The summed E-state index contributed by atoms with van der Waals surface area (Å²) in [5.41, 5.74) is 11.4. The van der Waals surface area contributed by atoms with Crippen molar-refractivity contribution in [3.8, 4) is 39.7 Å². The summed E-state index contributed by atoms with van der Waals surface area (Å²) in [5.74, 6) is 0. The van der Waals surface area contributed by atoms with Gasteiger partial charge in [-0.05, 0) is 70.8 Å². The summed E-state index contributed by atoms with van der Waals surface area (Å²) >= 11 is 0. The molecule has 3 heteroatoms. The molecule has 9 rings (SSSR count). The smallest absolute Gasteiger partial charge is 0.104 e. The van der Waals surface area contributed by atoms with Crippen molar-refractivity contribution in [3.05, 3.63) is 169 Å². The Labute approximate surface area is 266 Å². The van der Waals surface area contributed by atoms with E-state index in [1.54, 1.807) is 0 Å². The van der Waals surface area contributed by atoms with Crippen LogP contribution < -0.4 is 0 Å². The third-order valence-electron chi connectivity index (χ3n) is 9.17. The molecule has 0 N–H and O–H groups in total. The topological polar surface area (TPSA) is 33.6 Å². The molecule has 0 aliphatic heterocycles. The Bertz CT molecular complexity index is 2460. The van der Waals surface area contributed by atoms with Crippen molar-refractivity contribution in [2.75, 3.05) is 0 Å². The number of benzene rings is 7. The van der Waals surface area contributed by atoms with Crippen LogP contribution in [-0.4, -0.2) is 9.13 Å². The lowest BCUT2D eigenvalue weighted by Crippen LogP contribution is -2.04. The predicted molar refractivity (Wildman–Crippen MR) is 191 cm³/mol. The van der Waals surface area contributed by atoms with Crippen LogP contribution in [0.2, 0.25) is 0 Å². The van der Waals surface area contributed by atoms with Crippen LogP contribution in [0.3, 0.4) is 0 Å². The minimum Gasteiger partial charge on any atom is -0.308 e. The molecule has 0 fully saturated rings. The van der Waals surface area contributed by atoms with E-state index in [-0.39, 0.29) is 0 Å². The predicted octanol–water partition coefficient (Wildman–Crippen LogP) is 11.1. The Hall–Kier alpha value is -6.37. The number of fused-ring (bicyclic) bond motifs is 6. The molecule has 0 radical (unpaired) electrons. The van der Waals surface area contributed by atoms with Crippen LogP contribution in [0.25, 0.3) is 77.2 Å². The van der Waals surface area contributed by atoms with Crippen LogP contribution in [0.5, 0.6) is 0 Å². The van der Waals surface area contributed by atoms with Crippen LogP contribution in [0.1, 0.15) is 5.56 Å². The van der Waals surface area contributed by atoms with Gasteiger partial charge in [-0.3, -0.25) is 0 Å². The second kappa shape index (κ2) is 10.4. The summed E-state index contributed by atoms with van der Waals surface area (Å²) in [4.78, 5) is 0. The lowest BCUT2D eigenvalue weighted by molar-refractivity contribution is 1.12. The van der Waals surface area contributed by atoms with E-state index < -0.39 is 0 Å². The second-order valence-corrected chi connectivity index (χ2v) is 11.7. The highest BCUT2D eigenvalue weighted by atomic mass is 15.0. The fraction of sp³-hybridized carbons (Fsp3) is 0. The molecule has 0 amide bonds. The Balaban J connectivity index is 1.31. The second-order valence-electron chi connectivity index (χ2n) is 11.7. The zero-order chi connectivity index (χ0) is 30.6. The highest BCUT2D eigenvalue weighted by Crippen LogP contribution is 2.39. The van der Waals surface area contributed by atoms with Crippen LogP contribution >= 0.6 is 0 Å². The monoisotopic (exact) mass is 585 g/mol. The van der Waals surface area contributed by atoms with E-state index >= 15 is 0 Å². The molecule has 46 heavy (non-hydrogen) atoms. The Morgan fingerprint density at radius 2 is 0.761 bits per heavy atom. The third-order valence-corrected chi connectivity index (χ3v) is 9.17. The number of para-hydroxylation sites is 2. The first kappa shape index (κ1) is 26.1. The molecule has 0 aliphatic carbocycles. The van der Waals surface area contributed by atoms with Gasteiger partial charge in [0.15, 0.2) is 0 Å². The molecular formula is C43H27N3. The van der Waals surface area contributed by atoms with Gasteiger partial charge in [0.2, 0.25) is 0 Å². The molecule has 0 saturated heterocycles. The molecular weight excluding hydrogens is 558 g/mol. The minimum atomic E-state index is 0.632. The summed E-state index contributed by atoms with van der Waals surface area (Å²) in [6.07, 6.45) is 0. The molecule has 214 valence electrons.